The first-order valence-corrected chi connectivity index (χ1v) is 7.04. The Labute approximate surface area is 109 Å². The van der Waals surface area contributed by atoms with Gasteiger partial charge in [0.15, 0.2) is 0 Å². The SMILES string of the molecule is CCC1C(=O)NC(C)(CC)C(=O)N1C1(C)CCC1. The van der Waals surface area contributed by atoms with Gasteiger partial charge >= 0.3 is 0 Å². The third kappa shape index (κ3) is 1.73. The molecule has 1 saturated carbocycles. The van der Waals surface area contributed by atoms with Crippen molar-refractivity contribution in [2.75, 3.05) is 0 Å². The van der Waals surface area contributed by atoms with Crippen LogP contribution in [-0.2, 0) is 9.59 Å². The predicted octanol–water partition coefficient (Wildman–Crippen LogP) is 1.83. The molecule has 0 aromatic carbocycles. The van der Waals surface area contributed by atoms with Gasteiger partial charge in [-0.05, 0) is 46.0 Å². The molecule has 1 heterocycles. The minimum Gasteiger partial charge on any atom is -0.340 e. The zero-order chi connectivity index (χ0) is 13.6. The van der Waals surface area contributed by atoms with Gasteiger partial charge in [-0.15, -0.1) is 0 Å². The summed E-state index contributed by atoms with van der Waals surface area (Å²) in [5.41, 5.74) is -0.826. The fourth-order valence-corrected chi connectivity index (χ4v) is 3.09. The van der Waals surface area contributed by atoms with Crippen LogP contribution in [0.4, 0.5) is 0 Å². The van der Waals surface area contributed by atoms with Crippen molar-refractivity contribution in [2.45, 2.75) is 76.9 Å². The second-order valence-electron chi connectivity index (χ2n) is 6.12. The van der Waals surface area contributed by atoms with Crippen LogP contribution in [-0.4, -0.2) is 33.8 Å². The molecule has 0 aromatic heterocycles. The molecule has 2 amide bonds. The van der Waals surface area contributed by atoms with E-state index >= 15 is 0 Å². The Morgan fingerprint density at radius 3 is 2.28 bits per heavy atom. The van der Waals surface area contributed by atoms with Crippen LogP contribution in [0.25, 0.3) is 0 Å². The zero-order valence-electron chi connectivity index (χ0n) is 11.9. The van der Waals surface area contributed by atoms with E-state index in [9.17, 15) is 9.59 Å². The largest absolute Gasteiger partial charge is 0.340 e. The summed E-state index contributed by atoms with van der Waals surface area (Å²) < 4.78 is 0. The molecule has 2 unspecified atom stereocenters. The Balaban J connectivity index is 2.37. The smallest absolute Gasteiger partial charge is 0.249 e. The Kier molecular flexibility index (Phi) is 3.16. The molecule has 1 aliphatic carbocycles. The molecule has 0 spiro atoms. The van der Waals surface area contributed by atoms with Crippen molar-refractivity contribution in [1.29, 1.82) is 0 Å². The van der Waals surface area contributed by atoms with E-state index in [0.717, 1.165) is 19.3 Å². The van der Waals surface area contributed by atoms with Gasteiger partial charge in [0.25, 0.3) is 0 Å². The molecule has 0 bridgehead atoms. The van der Waals surface area contributed by atoms with Gasteiger partial charge in [0.05, 0.1) is 0 Å². The van der Waals surface area contributed by atoms with Gasteiger partial charge in [0.2, 0.25) is 11.8 Å². The van der Waals surface area contributed by atoms with Gasteiger partial charge in [-0.3, -0.25) is 9.59 Å². The topological polar surface area (TPSA) is 49.4 Å². The number of hydrogen-bond acceptors (Lipinski definition) is 2. The van der Waals surface area contributed by atoms with Crippen LogP contribution in [0, 0.1) is 0 Å². The number of nitrogens with zero attached hydrogens (tertiary/aromatic N) is 1. The second-order valence-corrected chi connectivity index (χ2v) is 6.12. The Hall–Kier alpha value is -1.06. The van der Waals surface area contributed by atoms with E-state index in [1.54, 1.807) is 0 Å². The summed E-state index contributed by atoms with van der Waals surface area (Å²) in [5.74, 6) is 0.105. The summed E-state index contributed by atoms with van der Waals surface area (Å²) in [7, 11) is 0. The fraction of sp³-hybridized carbons (Fsp3) is 0.857. The van der Waals surface area contributed by atoms with E-state index < -0.39 is 5.54 Å². The van der Waals surface area contributed by atoms with Crippen molar-refractivity contribution in [1.82, 2.24) is 10.2 Å². The quantitative estimate of drug-likeness (QED) is 0.833. The van der Waals surface area contributed by atoms with Crippen molar-refractivity contribution < 1.29 is 9.59 Å². The van der Waals surface area contributed by atoms with Gasteiger partial charge in [-0.2, -0.15) is 0 Å². The molecule has 2 atom stereocenters. The molecule has 102 valence electrons. The number of nitrogens with one attached hydrogen (secondary N) is 1. The summed E-state index contributed by atoms with van der Waals surface area (Å²) in [4.78, 5) is 26.9. The number of carbonyl (C=O) groups is 2. The minimum absolute atomic E-state index is 0.00887. The van der Waals surface area contributed by atoms with Gasteiger partial charge < -0.3 is 10.2 Å². The highest BCUT2D eigenvalue weighted by Crippen LogP contribution is 2.41. The highest BCUT2D eigenvalue weighted by molar-refractivity contribution is 6.00. The van der Waals surface area contributed by atoms with Crippen LogP contribution in [0.1, 0.15) is 59.8 Å². The molecule has 1 saturated heterocycles. The summed E-state index contributed by atoms with van der Waals surface area (Å²) >= 11 is 0. The molecule has 18 heavy (non-hydrogen) atoms. The van der Waals surface area contributed by atoms with Crippen molar-refractivity contribution >= 4 is 11.8 Å². The maximum Gasteiger partial charge on any atom is 0.249 e. The number of piperazine rings is 1. The molecule has 0 aromatic rings. The van der Waals surface area contributed by atoms with E-state index in [2.05, 4.69) is 12.2 Å². The van der Waals surface area contributed by atoms with E-state index in [1.807, 2.05) is 25.7 Å². The van der Waals surface area contributed by atoms with Crippen molar-refractivity contribution in [3.63, 3.8) is 0 Å². The van der Waals surface area contributed by atoms with Gasteiger partial charge in [0.1, 0.15) is 11.6 Å². The number of carbonyl (C=O) groups excluding carboxylic acids is 2. The first kappa shape index (κ1) is 13.4. The third-order valence-electron chi connectivity index (χ3n) is 4.81. The molecule has 0 radical (unpaired) electrons. The van der Waals surface area contributed by atoms with E-state index in [1.165, 1.54) is 0 Å². The minimum atomic E-state index is -0.721. The van der Waals surface area contributed by atoms with E-state index in [4.69, 9.17) is 0 Å². The lowest BCUT2D eigenvalue weighted by Crippen LogP contribution is -2.74. The highest BCUT2D eigenvalue weighted by atomic mass is 16.2. The summed E-state index contributed by atoms with van der Waals surface area (Å²) in [6.07, 6.45) is 4.51. The number of amides is 2. The molecule has 2 fully saturated rings. The maximum atomic E-state index is 12.7. The van der Waals surface area contributed by atoms with Gasteiger partial charge in [-0.25, -0.2) is 0 Å². The molecular weight excluding hydrogens is 228 g/mol. The number of rotatable bonds is 3. The van der Waals surface area contributed by atoms with Crippen LogP contribution >= 0.6 is 0 Å². The third-order valence-corrected chi connectivity index (χ3v) is 4.81. The summed E-state index contributed by atoms with van der Waals surface area (Å²) in [6.45, 7) is 7.88. The normalized spacial score (nSPS) is 35.1. The molecule has 1 aliphatic heterocycles. The van der Waals surface area contributed by atoms with Crippen LogP contribution in [0.15, 0.2) is 0 Å². The first-order chi connectivity index (χ1) is 8.38. The lowest BCUT2D eigenvalue weighted by Gasteiger charge is -2.55. The average Bonchev–Trinajstić information content (AvgIpc) is 2.30. The van der Waals surface area contributed by atoms with Crippen LogP contribution < -0.4 is 5.32 Å². The molecular formula is C14H24N2O2. The van der Waals surface area contributed by atoms with E-state index in [-0.39, 0.29) is 23.4 Å². The Morgan fingerprint density at radius 1 is 1.28 bits per heavy atom. The Bertz CT molecular complexity index is 376. The average molecular weight is 252 g/mol. The molecule has 4 heteroatoms. The molecule has 2 aliphatic rings. The maximum absolute atomic E-state index is 12.7. The first-order valence-electron chi connectivity index (χ1n) is 7.04. The highest BCUT2D eigenvalue weighted by Gasteiger charge is 2.53. The van der Waals surface area contributed by atoms with Crippen molar-refractivity contribution in [3.8, 4) is 0 Å². The lowest BCUT2D eigenvalue weighted by atomic mass is 9.74. The number of hydrogen-bond donors (Lipinski definition) is 1. The van der Waals surface area contributed by atoms with Crippen LogP contribution in [0.2, 0.25) is 0 Å². The van der Waals surface area contributed by atoms with E-state index in [0.29, 0.717) is 12.8 Å². The zero-order valence-corrected chi connectivity index (χ0v) is 11.9. The molecule has 4 nitrogen and oxygen atoms in total. The predicted molar refractivity (Wildman–Crippen MR) is 70.0 cm³/mol. The summed E-state index contributed by atoms with van der Waals surface area (Å²) in [5, 5.41) is 2.91. The van der Waals surface area contributed by atoms with Gasteiger partial charge in [-0.1, -0.05) is 13.8 Å². The van der Waals surface area contributed by atoms with Crippen LogP contribution in [0.5, 0.6) is 0 Å². The molecule has 1 N–H and O–H groups in total. The van der Waals surface area contributed by atoms with Crippen molar-refractivity contribution in [2.24, 2.45) is 0 Å². The van der Waals surface area contributed by atoms with Crippen LogP contribution in [0.3, 0.4) is 0 Å². The van der Waals surface area contributed by atoms with Gasteiger partial charge in [0, 0.05) is 5.54 Å². The summed E-state index contributed by atoms with van der Waals surface area (Å²) in [6, 6.07) is -0.289. The fourth-order valence-electron chi connectivity index (χ4n) is 3.09. The lowest BCUT2D eigenvalue weighted by molar-refractivity contribution is -0.166. The monoisotopic (exact) mass is 252 g/mol. The second kappa shape index (κ2) is 4.25. The van der Waals surface area contributed by atoms with Crippen molar-refractivity contribution in [3.05, 3.63) is 0 Å². The Morgan fingerprint density at radius 2 is 1.89 bits per heavy atom. The molecule has 2 rings (SSSR count). The standard InChI is InChI=1S/C14H24N2O2/c1-5-10-11(17)15-14(4,6-2)12(18)16(10)13(3)8-7-9-13/h10H,5-9H2,1-4H3,(H,15,17).